The van der Waals surface area contributed by atoms with Crippen LogP contribution >= 0.6 is 0 Å². The summed E-state index contributed by atoms with van der Waals surface area (Å²) in [5.74, 6) is 1.69. The molecule has 6 nitrogen and oxygen atoms in total. The lowest BCUT2D eigenvalue weighted by molar-refractivity contribution is 0.0574. The zero-order valence-corrected chi connectivity index (χ0v) is 17.8. The molecule has 1 aromatic carbocycles. The number of ether oxygens (including phenoxy) is 3. The van der Waals surface area contributed by atoms with Crippen LogP contribution in [0.2, 0.25) is 0 Å². The van der Waals surface area contributed by atoms with Crippen molar-refractivity contribution in [2.45, 2.75) is 58.6 Å². The predicted octanol–water partition coefficient (Wildman–Crippen LogP) is 3.42. The van der Waals surface area contributed by atoms with Gasteiger partial charge in [0.05, 0.1) is 12.7 Å². The van der Waals surface area contributed by atoms with Gasteiger partial charge in [-0.15, -0.1) is 0 Å². The molecule has 0 unspecified atom stereocenters. The molecular formula is C22H37N3O3. The van der Waals surface area contributed by atoms with Gasteiger partial charge in [-0.2, -0.15) is 0 Å². The number of guanidine groups is 1. The van der Waals surface area contributed by atoms with Gasteiger partial charge in [0.25, 0.3) is 0 Å². The van der Waals surface area contributed by atoms with Crippen LogP contribution in [-0.2, 0) is 16.0 Å². The monoisotopic (exact) mass is 391 g/mol. The SMILES string of the molecule is CCOCCOc1cc(C)ccc1CNC(=NC)NCCCOC1CCCC1. The van der Waals surface area contributed by atoms with E-state index in [1.54, 1.807) is 7.05 Å². The van der Waals surface area contributed by atoms with Crippen LogP contribution in [0, 0.1) is 6.92 Å². The van der Waals surface area contributed by atoms with Gasteiger partial charge in [-0.3, -0.25) is 4.99 Å². The number of nitrogens with one attached hydrogen (secondary N) is 2. The fraction of sp³-hybridized carbons (Fsp3) is 0.682. The van der Waals surface area contributed by atoms with Gasteiger partial charge >= 0.3 is 0 Å². The van der Waals surface area contributed by atoms with Crippen LogP contribution in [0.15, 0.2) is 23.2 Å². The second-order valence-electron chi connectivity index (χ2n) is 7.14. The minimum Gasteiger partial charge on any atom is -0.491 e. The van der Waals surface area contributed by atoms with Crippen LogP contribution in [0.5, 0.6) is 5.75 Å². The number of rotatable bonds is 12. The van der Waals surface area contributed by atoms with E-state index in [2.05, 4.69) is 40.7 Å². The summed E-state index contributed by atoms with van der Waals surface area (Å²) in [4.78, 5) is 4.30. The molecule has 6 heteroatoms. The van der Waals surface area contributed by atoms with Gasteiger partial charge in [0.2, 0.25) is 0 Å². The quantitative estimate of drug-likeness (QED) is 0.325. The second-order valence-corrected chi connectivity index (χ2v) is 7.14. The van der Waals surface area contributed by atoms with Gasteiger partial charge in [0, 0.05) is 38.9 Å². The van der Waals surface area contributed by atoms with E-state index in [0.29, 0.717) is 32.5 Å². The third-order valence-electron chi connectivity index (χ3n) is 4.85. The van der Waals surface area contributed by atoms with E-state index in [9.17, 15) is 0 Å². The molecule has 1 aliphatic carbocycles. The van der Waals surface area contributed by atoms with E-state index < -0.39 is 0 Å². The predicted molar refractivity (Wildman–Crippen MR) is 114 cm³/mol. The van der Waals surface area contributed by atoms with Gasteiger partial charge < -0.3 is 24.8 Å². The molecule has 0 heterocycles. The van der Waals surface area contributed by atoms with Crippen LogP contribution in [0.25, 0.3) is 0 Å². The molecule has 2 N–H and O–H groups in total. The van der Waals surface area contributed by atoms with Crippen molar-refractivity contribution in [1.82, 2.24) is 10.6 Å². The molecule has 0 atom stereocenters. The third-order valence-corrected chi connectivity index (χ3v) is 4.85. The maximum absolute atomic E-state index is 5.91. The zero-order valence-electron chi connectivity index (χ0n) is 17.8. The van der Waals surface area contributed by atoms with Gasteiger partial charge in [-0.05, 0) is 44.7 Å². The Labute approximate surface area is 170 Å². The molecule has 2 rings (SSSR count). The fourth-order valence-electron chi connectivity index (χ4n) is 3.28. The minimum absolute atomic E-state index is 0.486. The standard InChI is InChI=1S/C22H37N3O3/c1-4-26-14-15-28-21-16-18(2)10-11-19(21)17-25-22(23-3)24-12-7-13-27-20-8-5-6-9-20/h10-11,16,20H,4-9,12-15,17H2,1-3H3,(H2,23,24,25). The lowest BCUT2D eigenvalue weighted by Gasteiger charge is -2.16. The van der Waals surface area contributed by atoms with E-state index >= 15 is 0 Å². The van der Waals surface area contributed by atoms with E-state index in [-0.39, 0.29) is 0 Å². The minimum atomic E-state index is 0.486. The highest BCUT2D eigenvalue weighted by Crippen LogP contribution is 2.21. The van der Waals surface area contributed by atoms with E-state index in [1.165, 1.54) is 31.2 Å². The number of benzene rings is 1. The van der Waals surface area contributed by atoms with Gasteiger partial charge in [-0.25, -0.2) is 0 Å². The third kappa shape index (κ3) is 8.48. The van der Waals surface area contributed by atoms with Crippen molar-refractivity contribution in [2.75, 3.05) is 40.0 Å². The highest BCUT2D eigenvalue weighted by atomic mass is 16.5. The number of aliphatic imine (C=N–C) groups is 1. The summed E-state index contributed by atoms with van der Waals surface area (Å²) in [6.07, 6.45) is 6.55. The topological polar surface area (TPSA) is 64.1 Å². The van der Waals surface area contributed by atoms with E-state index in [4.69, 9.17) is 14.2 Å². The Morgan fingerprint density at radius 2 is 1.96 bits per heavy atom. The molecule has 1 aromatic rings. The molecule has 0 bridgehead atoms. The summed E-state index contributed by atoms with van der Waals surface area (Å²) in [6.45, 7) is 8.23. The fourth-order valence-corrected chi connectivity index (χ4v) is 3.28. The first-order valence-corrected chi connectivity index (χ1v) is 10.6. The van der Waals surface area contributed by atoms with Gasteiger partial charge in [-0.1, -0.05) is 25.0 Å². The second kappa shape index (κ2) is 13.4. The average Bonchev–Trinajstić information content (AvgIpc) is 3.22. The number of hydrogen-bond donors (Lipinski definition) is 2. The highest BCUT2D eigenvalue weighted by molar-refractivity contribution is 5.79. The van der Waals surface area contributed by atoms with Crippen molar-refractivity contribution in [2.24, 2.45) is 4.99 Å². The summed E-state index contributed by atoms with van der Waals surface area (Å²) in [6, 6.07) is 6.27. The molecule has 1 saturated carbocycles. The van der Waals surface area contributed by atoms with Gasteiger partial charge in [0.15, 0.2) is 5.96 Å². The van der Waals surface area contributed by atoms with Crippen LogP contribution in [0.3, 0.4) is 0 Å². The Balaban J connectivity index is 1.71. The Kier molecular flexibility index (Phi) is 10.8. The Morgan fingerprint density at radius 1 is 1.14 bits per heavy atom. The number of nitrogens with zero attached hydrogens (tertiary/aromatic N) is 1. The van der Waals surface area contributed by atoms with Crippen molar-refractivity contribution < 1.29 is 14.2 Å². The lowest BCUT2D eigenvalue weighted by atomic mass is 10.1. The molecule has 158 valence electrons. The molecule has 1 aliphatic rings. The maximum atomic E-state index is 5.91. The first kappa shape index (κ1) is 22.5. The Hall–Kier alpha value is -1.79. The molecular weight excluding hydrogens is 354 g/mol. The largest absolute Gasteiger partial charge is 0.491 e. The molecule has 0 spiro atoms. The van der Waals surface area contributed by atoms with Crippen LogP contribution in [0.4, 0.5) is 0 Å². The van der Waals surface area contributed by atoms with Crippen molar-refractivity contribution in [3.05, 3.63) is 29.3 Å². The van der Waals surface area contributed by atoms with Crippen LogP contribution < -0.4 is 15.4 Å². The molecule has 0 saturated heterocycles. The van der Waals surface area contributed by atoms with Crippen LogP contribution in [0.1, 0.15) is 50.2 Å². The van der Waals surface area contributed by atoms with Crippen molar-refractivity contribution in [1.29, 1.82) is 0 Å². The summed E-state index contributed by atoms with van der Waals surface area (Å²) < 4.78 is 17.2. The molecule has 1 fully saturated rings. The van der Waals surface area contributed by atoms with Crippen molar-refractivity contribution in [3.63, 3.8) is 0 Å². The number of aryl methyl sites for hydroxylation is 1. The van der Waals surface area contributed by atoms with Crippen LogP contribution in [-0.4, -0.2) is 52.1 Å². The zero-order chi connectivity index (χ0) is 20.0. The lowest BCUT2D eigenvalue weighted by Crippen LogP contribution is -2.37. The molecule has 0 radical (unpaired) electrons. The molecule has 0 aromatic heterocycles. The average molecular weight is 392 g/mol. The summed E-state index contributed by atoms with van der Waals surface area (Å²) in [5.41, 5.74) is 2.29. The summed E-state index contributed by atoms with van der Waals surface area (Å²) in [7, 11) is 1.79. The molecule has 0 aliphatic heterocycles. The highest BCUT2D eigenvalue weighted by Gasteiger charge is 2.14. The summed E-state index contributed by atoms with van der Waals surface area (Å²) in [5, 5.41) is 6.72. The first-order valence-electron chi connectivity index (χ1n) is 10.6. The summed E-state index contributed by atoms with van der Waals surface area (Å²) >= 11 is 0. The molecule has 28 heavy (non-hydrogen) atoms. The first-order chi connectivity index (χ1) is 13.7. The van der Waals surface area contributed by atoms with Crippen molar-refractivity contribution in [3.8, 4) is 5.75 Å². The van der Waals surface area contributed by atoms with E-state index in [1.807, 2.05) is 6.92 Å². The normalized spacial score (nSPS) is 15.0. The van der Waals surface area contributed by atoms with Crippen molar-refractivity contribution >= 4 is 5.96 Å². The Morgan fingerprint density at radius 3 is 2.71 bits per heavy atom. The smallest absolute Gasteiger partial charge is 0.191 e. The maximum Gasteiger partial charge on any atom is 0.191 e. The number of hydrogen-bond acceptors (Lipinski definition) is 4. The van der Waals surface area contributed by atoms with Gasteiger partial charge in [0.1, 0.15) is 12.4 Å². The Bertz CT molecular complexity index is 586. The molecule has 0 amide bonds. The van der Waals surface area contributed by atoms with E-state index in [0.717, 1.165) is 36.8 Å².